The zero-order valence-corrected chi connectivity index (χ0v) is 7.25. The Morgan fingerprint density at radius 2 is 1.93 bits per heavy atom. The summed E-state index contributed by atoms with van der Waals surface area (Å²) in [6.07, 6.45) is -1.64. The van der Waals surface area contributed by atoms with Gasteiger partial charge in [-0.25, -0.2) is 5.43 Å². The lowest BCUT2D eigenvalue weighted by molar-refractivity contribution is -0.155. The number of hydrogen-bond acceptors (Lipinski definition) is 3. The van der Waals surface area contributed by atoms with Gasteiger partial charge < -0.3 is 0 Å². The van der Waals surface area contributed by atoms with Gasteiger partial charge in [0.05, 0.1) is 0 Å². The Labute approximate surface area is 79.1 Å². The minimum absolute atomic E-state index is 0.192. The van der Waals surface area contributed by atoms with Crippen molar-refractivity contribution in [2.24, 2.45) is 5.84 Å². The highest BCUT2D eigenvalue weighted by Gasteiger charge is 2.38. The topological polar surface area (TPSA) is 50.9 Å². The van der Waals surface area contributed by atoms with E-state index in [2.05, 4.69) is 4.98 Å². The Kier molecular flexibility index (Phi) is 3.43. The van der Waals surface area contributed by atoms with Gasteiger partial charge in [-0.15, -0.1) is 0 Å². The summed E-state index contributed by atoms with van der Waals surface area (Å²) in [7, 11) is 0. The van der Waals surface area contributed by atoms with Crippen LogP contribution in [-0.4, -0.2) is 17.2 Å². The molecule has 0 aliphatic heterocycles. The van der Waals surface area contributed by atoms with Gasteiger partial charge in [0.2, 0.25) is 0 Å². The number of rotatable bonds is 3. The molecule has 0 aliphatic carbocycles. The van der Waals surface area contributed by atoms with Crippen molar-refractivity contribution in [3.05, 3.63) is 30.1 Å². The van der Waals surface area contributed by atoms with E-state index in [0.717, 1.165) is 0 Å². The standard InChI is InChI=1S/C8H10F3N3/c9-8(10,11)7(14-12)5-6-1-3-13-4-2-6/h1-4,7,14H,5,12H2. The normalized spacial score (nSPS) is 14.0. The van der Waals surface area contributed by atoms with Gasteiger partial charge in [-0.2, -0.15) is 13.2 Å². The molecule has 0 aliphatic rings. The zero-order chi connectivity index (χ0) is 10.6. The summed E-state index contributed by atoms with van der Waals surface area (Å²) in [4.78, 5) is 3.71. The van der Waals surface area contributed by atoms with E-state index >= 15 is 0 Å². The van der Waals surface area contributed by atoms with Crippen molar-refractivity contribution in [1.29, 1.82) is 0 Å². The van der Waals surface area contributed by atoms with Crippen molar-refractivity contribution < 1.29 is 13.2 Å². The number of halogens is 3. The molecule has 1 rings (SSSR count). The summed E-state index contributed by atoms with van der Waals surface area (Å²) in [5, 5.41) is 0. The second-order valence-corrected chi connectivity index (χ2v) is 2.82. The third kappa shape index (κ3) is 2.97. The lowest BCUT2D eigenvalue weighted by atomic mass is 10.1. The van der Waals surface area contributed by atoms with E-state index in [1.54, 1.807) is 5.43 Å². The fourth-order valence-corrected chi connectivity index (χ4v) is 1.02. The number of hydrogen-bond donors (Lipinski definition) is 2. The molecule has 3 nitrogen and oxygen atoms in total. The number of alkyl halides is 3. The predicted octanol–water partition coefficient (Wildman–Crippen LogP) is 1.02. The number of nitrogens with zero attached hydrogens (tertiary/aromatic N) is 1. The molecule has 3 N–H and O–H groups in total. The van der Waals surface area contributed by atoms with Crippen LogP contribution in [0, 0.1) is 0 Å². The molecule has 0 bridgehead atoms. The number of hydrazine groups is 1. The largest absolute Gasteiger partial charge is 0.405 e. The molecule has 0 aromatic carbocycles. The lowest BCUT2D eigenvalue weighted by Crippen LogP contribution is -2.47. The van der Waals surface area contributed by atoms with Gasteiger partial charge >= 0.3 is 6.18 Å². The Hall–Kier alpha value is -1.14. The van der Waals surface area contributed by atoms with E-state index in [9.17, 15) is 13.2 Å². The summed E-state index contributed by atoms with van der Waals surface area (Å²) in [6.45, 7) is 0. The Balaban J connectivity index is 2.67. The molecule has 0 saturated heterocycles. The maximum Gasteiger partial charge on any atom is 0.405 e. The molecule has 1 atom stereocenters. The van der Waals surface area contributed by atoms with Crippen LogP contribution in [0.5, 0.6) is 0 Å². The minimum atomic E-state index is -4.34. The second-order valence-electron chi connectivity index (χ2n) is 2.82. The minimum Gasteiger partial charge on any atom is -0.271 e. The average Bonchev–Trinajstić information content (AvgIpc) is 2.14. The number of nitrogens with one attached hydrogen (secondary N) is 1. The van der Waals surface area contributed by atoms with Crippen LogP contribution < -0.4 is 11.3 Å². The van der Waals surface area contributed by atoms with Crippen LogP contribution in [0.25, 0.3) is 0 Å². The number of pyridine rings is 1. The molecular weight excluding hydrogens is 195 g/mol. The first kappa shape index (κ1) is 10.9. The average molecular weight is 205 g/mol. The zero-order valence-electron chi connectivity index (χ0n) is 7.25. The molecule has 0 fully saturated rings. The third-order valence-corrected chi connectivity index (χ3v) is 1.79. The molecule has 1 heterocycles. The summed E-state index contributed by atoms with van der Waals surface area (Å²) in [5.74, 6) is 4.82. The van der Waals surface area contributed by atoms with Gasteiger partial charge in [-0.05, 0) is 24.1 Å². The summed E-state index contributed by atoms with van der Waals surface area (Å²) in [6, 6.07) is 1.33. The van der Waals surface area contributed by atoms with E-state index in [1.807, 2.05) is 0 Å². The molecule has 0 spiro atoms. The van der Waals surface area contributed by atoms with Gasteiger partial charge in [-0.3, -0.25) is 10.8 Å². The maximum atomic E-state index is 12.2. The van der Waals surface area contributed by atoms with Crippen molar-refractivity contribution in [3.8, 4) is 0 Å². The number of nitrogens with two attached hydrogens (primary N) is 1. The maximum absolute atomic E-state index is 12.2. The van der Waals surface area contributed by atoms with Crippen LogP contribution in [0.4, 0.5) is 13.2 Å². The second kappa shape index (κ2) is 4.39. The van der Waals surface area contributed by atoms with Crippen LogP contribution in [0.2, 0.25) is 0 Å². The quantitative estimate of drug-likeness (QED) is 0.572. The molecule has 6 heteroatoms. The van der Waals surface area contributed by atoms with Crippen LogP contribution >= 0.6 is 0 Å². The molecule has 14 heavy (non-hydrogen) atoms. The van der Waals surface area contributed by atoms with Gasteiger partial charge in [0, 0.05) is 12.4 Å². The van der Waals surface area contributed by atoms with E-state index in [-0.39, 0.29) is 6.42 Å². The fourth-order valence-electron chi connectivity index (χ4n) is 1.02. The highest BCUT2D eigenvalue weighted by Crippen LogP contribution is 2.22. The fraction of sp³-hybridized carbons (Fsp3) is 0.375. The van der Waals surface area contributed by atoms with Crippen LogP contribution in [0.3, 0.4) is 0 Å². The monoisotopic (exact) mass is 205 g/mol. The van der Waals surface area contributed by atoms with Gasteiger partial charge in [0.15, 0.2) is 0 Å². The van der Waals surface area contributed by atoms with E-state index in [0.29, 0.717) is 5.56 Å². The first-order valence-electron chi connectivity index (χ1n) is 3.96. The summed E-state index contributed by atoms with van der Waals surface area (Å²) in [5.41, 5.74) is 2.29. The summed E-state index contributed by atoms with van der Waals surface area (Å²) < 4.78 is 36.7. The Morgan fingerprint density at radius 3 is 2.36 bits per heavy atom. The molecule has 0 radical (unpaired) electrons. The van der Waals surface area contributed by atoms with Gasteiger partial charge in [0.1, 0.15) is 6.04 Å². The third-order valence-electron chi connectivity index (χ3n) is 1.79. The molecule has 1 aromatic heterocycles. The van der Waals surface area contributed by atoms with E-state index in [4.69, 9.17) is 5.84 Å². The first-order valence-corrected chi connectivity index (χ1v) is 3.96. The van der Waals surface area contributed by atoms with Crippen LogP contribution in [0.15, 0.2) is 24.5 Å². The van der Waals surface area contributed by atoms with E-state index in [1.165, 1.54) is 24.5 Å². The molecule has 0 saturated carbocycles. The SMILES string of the molecule is NNC(Cc1ccncc1)C(F)(F)F. The van der Waals surface area contributed by atoms with Crippen LogP contribution in [0.1, 0.15) is 5.56 Å². The smallest absolute Gasteiger partial charge is 0.271 e. The summed E-state index contributed by atoms with van der Waals surface area (Å²) >= 11 is 0. The van der Waals surface area contributed by atoms with Gasteiger partial charge in [-0.1, -0.05) is 0 Å². The lowest BCUT2D eigenvalue weighted by Gasteiger charge is -2.18. The van der Waals surface area contributed by atoms with Crippen molar-refractivity contribution in [2.75, 3.05) is 0 Å². The van der Waals surface area contributed by atoms with Gasteiger partial charge in [0.25, 0.3) is 0 Å². The molecule has 1 unspecified atom stereocenters. The van der Waals surface area contributed by atoms with Crippen molar-refractivity contribution in [3.63, 3.8) is 0 Å². The Bertz CT molecular complexity index is 273. The van der Waals surface area contributed by atoms with Crippen molar-refractivity contribution in [1.82, 2.24) is 10.4 Å². The van der Waals surface area contributed by atoms with Crippen molar-refractivity contribution in [2.45, 2.75) is 18.6 Å². The van der Waals surface area contributed by atoms with E-state index < -0.39 is 12.2 Å². The number of aromatic nitrogens is 1. The molecule has 1 aromatic rings. The van der Waals surface area contributed by atoms with Crippen molar-refractivity contribution >= 4 is 0 Å². The van der Waals surface area contributed by atoms with Crippen LogP contribution in [-0.2, 0) is 6.42 Å². The molecule has 78 valence electrons. The highest BCUT2D eigenvalue weighted by molar-refractivity contribution is 5.11. The predicted molar refractivity (Wildman–Crippen MR) is 45.1 cm³/mol. The molecule has 0 amide bonds. The highest BCUT2D eigenvalue weighted by atomic mass is 19.4. The Morgan fingerprint density at radius 1 is 1.36 bits per heavy atom. The molecular formula is C8H10F3N3. The first-order chi connectivity index (χ1) is 6.54.